The van der Waals surface area contributed by atoms with E-state index in [0.717, 1.165) is 15.7 Å². The normalized spacial score (nSPS) is 12.2. The van der Waals surface area contributed by atoms with Crippen molar-refractivity contribution in [3.05, 3.63) is 51.8 Å². The van der Waals surface area contributed by atoms with Crippen LogP contribution in [-0.2, 0) is 7.05 Å². The molecule has 0 spiro atoms. The van der Waals surface area contributed by atoms with Crippen LogP contribution in [0.3, 0.4) is 0 Å². The smallest absolute Gasteiger partial charge is 0.270 e. The van der Waals surface area contributed by atoms with E-state index in [9.17, 15) is 4.79 Å². The number of carbonyl (C=O) groups excluding carboxylic acids is 1. The molecule has 19 heavy (non-hydrogen) atoms. The van der Waals surface area contributed by atoms with Gasteiger partial charge in [-0.3, -0.25) is 9.48 Å². The minimum absolute atomic E-state index is 0.0455. The third-order valence-electron chi connectivity index (χ3n) is 2.95. The molecule has 2 rings (SSSR count). The number of hydrogen-bond acceptors (Lipinski definition) is 2. The number of halogens is 1. The third-order valence-corrected chi connectivity index (χ3v) is 3.48. The first-order chi connectivity index (χ1) is 8.97. The largest absolute Gasteiger partial charge is 0.344 e. The summed E-state index contributed by atoms with van der Waals surface area (Å²) in [5, 5.41) is 7.14. The first-order valence-electron chi connectivity index (χ1n) is 6.04. The van der Waals surface area contributed by atoms with E-state index in [0.29, 0.717) is 5.69 Å². The predicted molar refractivity (Wildman–Crippen MR) is 78.0 cm³/mol. The molecular formula is C14H16BrN3O. The maximum absolute atomic E-state index is 12.1. The van der Waals surface area contributed by atoms with Crippen molar-refractivity contribution in [2.45, 2.75) is 19.9 Å². The highest BCUT2D eigenvalue weighted by atomic mass is 79.9. The van der Waals surface area contributed by atoms with Gasteiger partial charge in [-0.25, -0.2) is 0 Å². The number of nitrogens with zero attached hydrogens (tertiary/aromatic N) is 2. The molecule has 1 aromatic carbocycles. The molecule has 0 bridgehead atoms. The van der Waals surface area contributed by atoms with Crippen LogP contribution in [0.4, 0.5) is 0 Å². The summed E-state index contributed by atoms with van der Waals surface area (Å²) < 4.78 is 2.62. The molecule has 5 heteroatoms. The van der Waals surface area contributed by atoms with E-state index in [1.165, 1.54) is 0 Å². The Labute approximate surface area is 120 Å². The first kappa shape index (κ1) is 13.8. The fraction of sp³-hybridized carbons (Fsp3) is 0.286. The van der Waals surface area contributed by atoms with E-state index in [1.54, 1.807) is 17.8 Å². The number of nitrogens with one attached hydrogen (secondary N) is 1. The van der Waals surface area contributed by atoms with E-state index < -0.39 is 0 Å². The Bertz CT molecular complexity index is 589. The Morgan fingerprint density at radius 3 is 2.53 bits per heavy atom. The van der Waals surface area contributed by atoms with Gasteiger partial charge in [-0.1, -0.05) is 28.1 Å². The van der Waals surface area contributed by atoms with E-state index >= 15 is 0 Å². The Morgan fingerprint density at radius 1 is 1.37 bits per heavy atom. The van der Waals surface area contributed by atoms with Gasteiger partial charge in [-0.05, 0) is 37.6 Å². The van der Waals surface area contributed by atoms with Crippen LogP contribution in [0.25, 0.3) is 0 Å². The molecule has 1 N–H and O–H groups in total. The molecule has 1 amide bonds. The summed E-state index contributed by atoms with van der Waals surface area (Å²) >= 11 is 3.40. The Morgan fingerprint density at radius 2 is 2.00 bits per heavy atom. The number of aryl methyl sites for hydroxylation is 2. The van der Waals surface area contributed by atoms with E-state index in [-0.39, 0.29) is 11.9 Å². The maximum Gasteiger partial charge on any atom is 0.270 e. The van der Waals surface area contributed by atoms with Gasteiger partial charge in [0.2, 0.25) is 0 Å². The summed E-state index contributed by atoms with van der Waals surface area (Å²) in [6.45, 7) is 3.83. The highest BCUT2D eigenvalue weighted by Crippen LogP contribution is 2.17. The van der Waals surface area contributed by atoms with Crippen molar-refractivity contribution in [2.75, 3.05) is 0 Å². The quantitative estimate of drug-likeness (QED) is 0.944. The summed E-state index contributed by atoms with van der Waals surface area (Å²) in [5.74, 6) is -0.112. The molecule has 0 saturated carbocycles. The minimum Gasteiger partial charge on any atom is -0.344 e. The van der Waals surface area contributed by atoms with Crippen LogP contribution in [0.1, 0.15) is 34.7 Å². The van der Waals surface area contributed by atoms with Crippen molar-refractivity contribution in [1.29, 1.82) is 0 Å². The number of hydrogen-bond donors (Lipinski definition) is 1. The lowest BCUT2D eigenvalue weighted by Gasteiger charge is -2.14. The summed E-state index contributed by atoms with van der Waals surface area (Å²) in [7, 11) is 1.77. The van der Waals surface area contributed by atoms with Crippen molar-refractivity contribution in [3.8, 4) is 0 Å². The van der Waals surface area contributed by atoms with Gasteiger partial charge < -0.3 is 5.32 Å². The Balaban J connectivity index is 2.10. The van der Waals surface area contributed by atoms with E-state index in [1.807, 2.05) is 38.1 Å². The fourth-order valence-corrected chi connectivity index (χ4v) is 2.19. The predicted octanol–water partition coefficient (Wildman–Crippen LogP) is 2.98. The number of benzene rings is 1. The summed E-state index contributed by atoms with van der Waals surface area (Å²) in [4.78, 5) is 12.1. The topological polar surface area (TPSA) is 46.9 Å². The van der Waals surface area contributed by atoms with Gasteiger partial charge in [0, 0.05) is 11.5 Å². The minimum atomic E-state index is -0.112. The average molecular weight is 322 g/mol. The lowest BCUT2D eigenvalue weighted by molar-refractivity contribution is 0.0930. The van der Waals surface area contributed by atoms with Crippen molar-refractivity contribution in [2.24, 2.45) is 7.05 Å². The molecule has 2 aromatic rings. The molecule has 0 aliphatic carbocycles. The Kier molecular flexibility index (Phi) is 4.04. The van der Waals surface area contributed by atoms with Gasteiger partial charge >= 0.3 is 0 Å². The van der Waals surface area contributed by atoms with Crippen LogP contribution in [-0.4, -0.2) is 15.7 Å². The average Bonchev–Trinajstić information content (AvgIpc) is 2.69. The molecule has 0 aliphatic rings. The van der Waals surface area contributed by atoms with Crippen molar-refractivity contribution in [3.63, 3.8) is 0 Å². The SMILES string of the molecule is Cc1cc(C(=O)N[C@H](C)c2ccc(Br)cc2)n(C)n1. The lowest BCUT2D eigenvalue weighted by Crippen LogP contribution is -2.28. The highest BCUT2D eigenvalue weighted by Gasteiger charge is 2.15. The Hall–Kier alpha value is -1.62. The summed E-state index contributed by atoms with van der Waals surface area (Å²) in [6, 6.07) is 9.64. The molecular weight excluding hydrogens is 306 g/mol. The van der Waals surface area contributed by atoms with Crippen LogP contribution in [0.2, 0.25) is 0 Å². The van der Waals surface area contributed by atoms with Crippen LogP contribution in [0, 0.1) is 6.92 Å². The van der Waals surface area contributed by atoms with E-state index in [4.69, 9.17) is 0 Å². The molecule has 0 aliphatic heterocycles. The zero-order valence-corrected chi connectivity index (χ0v) is 12.7. The number of amides is 1. The summed E-state index contributed by atoms with van der Waals surface area (Å²) in [6.07, 6.45) is 0. The van der Waals surface area contributed by atoms with Crippen LogP contribution in [0.5, 0.6) is 0 Å². The zero-order valence-electron chi connectivity index (χ0n) is 11.1. The van der Waals surface area contributed by atoms with Crippen LogP contribution in [0.15, 0.2) is 34.8 Å². The lowest BCUT2D eigenvalue weighted by atomic mass is 10.1. The fourth-order valence-electron chi connectivity index (χ4n) is 1.93. The maximum atomic E-state index is 12.1. The highest BCUT2D eigenvalue weighted by molar-refractivity contribution is 9.10. The number of rotatable bonds is 3. The molecule has 0 fully saturated rings. The van der Waals surface area contributed by atoms with Gasteiger partial charge in [0.15, 0.2) is 0 Å². The van der Waals surface area contributed by atoms with E-state index in [2.05, 4.69) is 26.3 Å². The monoisotopic (exact) mass is 321 g/mol. The second-order valence-electron chi connectivity index (χ2n) is 4.54. The molecule has 4 nitrogen and oxygen atoms in total. The molecule has 0 radical (unpaired) electrons. The zero-order chi connectivity index (χ0) is 14.0. The molecule has 100 valence electrons. The van der Waals surface area contributed by atoms with Crippen LogP contribution >= 0.6 is 15.9 Å². The van der Waals surface area contributed by atoms with Crippen molar-refractivity contribution >= 4 is 21.8 Å². The van der Waals surface area contributed by atoms with Gasteiger partial charge in [0.25, 0.3) is 5.91 Å². The van der Waals surface area contributed by atoms with Crippen molar-refractivity contribution in [1.82, 2.24) is 15.1 Å². The standard InChI is InChI=1S/C14H16BrN3O/c1-9-8-13(18(3)17-9)14(19)16-10(2)11-4-6-12(15)7-5-11/h4-8,10H,1-3H3,(H,16,19)/t10-/m1/s1. The molecule has 0 unspecified atom stereocenters. The van der Waals surface area contributed by atoms with Gasteiger partial charge in [-0.15, -0.1) is 0 Å². The molecule has 0 saturated heterocycles. The summed E-state index contributed by atoms with van der Waals surface area (Å²) in [5.41, 5.74) is 2.47. The van der Waals surface area contributed by atoms with Gasteiger partial charge in [-0.2, -0.15) is 5.10 Å². The van der Waals surface area contributed by atoms with Gasteiger partial charge in [0.1, 0.15) is 5.69 Å². The second kappa shape index (κ2) is 5.57. The number of aromatic nitrogens is 2. The van der Waals surface area contributed by atoms with Gasteiger partial charge in [0.05, 0.1) is 11.7 Å². The number of carbonyl (C=O) groups is 1. The van der Waals surface area contributed by atoms with Crippen LogP contribution < -0.4 is 5.32 Å². The first-order valence-corrected chi connectivity index (χ1v) is 6.83. The second-order valence-corrected chi connectivity index (χ2v) is 5.46. The molecule has 1 heterocycles. The third kappa shape index (κ3) is 3.23. The van der Waals surface area contributed by atoms with Crippen molar-refractivity contribution < 1.29 is 4.79 Å². The molecule has 1 atom stereocenters. The molecule has 1 aromatic heterocycles.